The fourth-order valence-electron chi connectivity index (χ4n) is 3.15. The van der Waals surface area contributed by atoms with E-state index in [9.17, 15) is 0 Å². The maximum absolute atomic E-state index is 4.38. The quantitative estimate of drug-likeness (QED) is 0.909. The lowest BCUT2D eigenvalue weighted by Gasteiger charge is -2.28. The molecule has 3 heteroatoms. The smallest absolute Gasteiger partial charge is 0.0706 e. The molecule has 2 aromatic heterocycles. The number of hydrogen-bond donors (Lipinski definition) is 1. The standard InChI is InChI=1S/C16H23N3/c1-2-13-6-8-15(9-7-13)17-11-14-12-18-19-10-4-3-5-16(14)19/h3-5,10,12-13,15,17H,2,6-9,11H2,1H3. The number of nitrogens with one attached hydrogen (secondary N) is 1. The average molecular weight is 257 g/mol. The maximum atomic E-state index is 4.38. The van der Waals surface area contributed by atoms with Gasteiger partial charge in [0.15, 0.2) is 0 Å². The highest BCUT2D eigenvalue weighted by Gasteiger charge is 2.19. The average Bonchev–Trinajstić information content (AvgIpc) is 2.89. The molecule has 0 spiro atoms. The van der Waals surface area contributed by atoms with Gasteiger partial charge in [0, 0.05) is 24.3 Å². The summed E-state index contributed by atoms with van der Waals surface area (Å²) in [7, 11) is 0. The van der Waals surface area contributed by atoms with Crippen LogP contribution in [0.4, 0.5) is 0 Å². The van der Waals surface area contributed by atoms with Crippen molar-refractivity contribution >= 4 is 5.52 Å². The van der Waals surface area contributed by atoms with Crippen molar-refractivity contribution in [3.63, 3.8) is 0 Å². The summed E-state index contributed by atoms with van der Waals surface area (Å²) in [5.41, 5.74) is 2.52. The molecule has 0 aliphatic heterocycles. The predicted molar refractivity (Wildman–Crippen MR) is 78.1 cm³/mol. The van der Waals surface area contributed by atoms with E-state index < -0.39 is 0 Å². The van der Waals surface area contributed by atoms with Gasteiger partial charge in [0.05, 0.1) is 11.7 Å². The highest BCUT2D eigenvalue weighted by molar-refractivity contribution is 5.53. The monoisotopic (exact) mass is 257 g/mol. The van der Waals surface area contributed by atoms with Crippen molar-refractivity contribution in [3.05, 3.63) is 36.2 Å². The van der Waals surface area contributed by atoms with Gasteiger partial charge in [-0.1, -0.05) is 19.4 Å². The first-order valence-electron chi connectivity index (χ1n) is 7.51. The Balaban J connectivity index is 1.58. The third kappa shape index (κ3) is 2.81. The van der Waals surface area contributed by atoms with Crippen LogP contribution in [-0.2, 0) is 6.54 Å². The highest BCUT2D eigenvalue weighted by atomic mass is 15.2. The summed E-state index contributed by atoms with van der Waals surface area (Å²) >= 11 is 0. The maximum Gasteiger partial charge on any atom is 0.0706 e. The lowest BCUT2D eigenvalue weighted by atomic mass is 9.84. The number of aromatic nitrogens is 2. The van der Waals surface area contributed by atoms with Crippen LogP contribution in [-0.4, -0.2) is 15.7 Å². The molecule has 1 aliphatic rings. The van der Waals surface area contributed by atoms with Gasteiger partial charge in [0.2, 0.25) is 0 Å². The van der Waals surface area contributed by atoms with Gasteiger partial charge in [-0.15, -0.1) is 0 Å². The third-order valence-corrected chi connectivity index (χ3v) is 4.51. The molecule has 3 rings (SSSR count). The Bertz CT molecular complexity index is 524. The van der Waals surface area contributed by atoms with E-state index in [4.69, 9.17) is 0 Å². The lowest BCUT2D eigenvalue weighted by molar-refractivity contribution is 0.285. The van der Waals surface area contributed by atoms with Gasteiger partial charge in [-0.2, -0.15) is 5.10 Å². The van der Waals surface area contributed by atoms with E-state index in [2.05, 4.69) is 29.5 Å². The van der Waals surface area contributed by atoms with Gasteiger partial charge in [-0.3, -0.25) is 0 Å². The van der Waals surface area contributed by atoms with Crippen LogP contribution in [0.25, 0.3) is 5.52 Å². The van der Waals surface area contributed by atoms with Crippen LogP contribution in [0.5, 0.6) is 0 Å². The summed E-state index contributed by atoms with van der Waals surface area (Å²) in [5.74, 6) is 0.968. The molecule has 2 heterocycles. The number of fused-ring (bicyclic) bond motifs is 1. The molecule has 0 unspecified atom stereocenters. The molecular weight excluding hydrogens is 234 g/mol. The third-order valence-electron chi connectivity index (χ3n) is 4.51. The Kier molecular flexibility index (Phi) is 3.83. The van der Waals surface area contributed by atoms with Crippen LogP contribution in [0.2, 0.25) is 0 Å². The van der Waals surface area contributed by atoms with E-state index in [1.54, 1.807) is 0 Å². The molecule has 2 aromatic rings. The molecule has 0 bridgehead atoms. The van der Waals surface area contributed by atoms with E-state index in [1.807, 2.05) is 23.0 Å². The van der Waals surface area contributed by atoms with Crippen molar-refractivity contribution in [2.75, 3.05) is 0 Å². The van der Waals surface area contributed by atoms with E-state index >= 15 is 0 Å². The second kappa shape index (κ2) is 5.74. The molecule has 1 fully saturated rings. The van der Waals surface area contributed by atoms with Gasteiger partial charge in [0.1, 0.15) is 0 Å². The van der Waals surface area contributed by atoms with Crippen molar-refractivity contribution in [2.45, 2.75) is 51.6 Å². The molecule has 1 N–H and O–H groups in total. The lowest BCUT2D eigenvalue weighted by Crippen LogP contribution is -2.32. The molecule has 102 valence electrons. The van der Waals surface area contributed by atoms with Gasteiger partial charge in [-0.05, 0) is 43.7 Å². The largest absolute Gasteiger partial charge is 0.310 e. The summed E-state index contributed by atoms with van der Waals surface area (Å²) in [6.45, 7) is 3.26. The molecule has 0 saturated heterocycles. The van der Waals surface area contributed by atoms with E-state index in [-0.39, 0.29) is 0 Å². The number of rotatable bonds is 4. The molecule has 1 aliphatic carbocycles. The summed E-state index contributed by atoms with van der Waals surface area (Å²) in [6, 6.07) is 6.93. The number of nitrogens with zero attached hydrogens (tertiary/aromatic N) is 2. The first kappa shape index (κ1) is 12.7. The van der Waals surface area contributed by atoms with Gasteiger partial charge in [0.25, 0.3) is 0 Å². The summed E-state index contributed by atoms with van der Waals surface area (Å²) < 4.78 is 1.95. The first-order chi connectivity index (χ1) is 9.36. The van der Waals surface area contributed by atoms with Crippen molar-refractivity contribution in [1.29, 1.82) is 0 Å². The second-order valence-corrected chi connectivity index (χ2v) is 5.71. The number of pyridine rings is 1. The van der Waals surface area contributed by atoms with Crippen LogP contribution in [0.1, 0.15) is 44.6 Å². The van der Waals surface area contributed by atoms with Crippen LogP contribution < -0.4 is 5.32 Å². The van der Waals surface area contributed by atoms with E-state index in [0.29, 0.717) is 6.04 Å². The molecular formula is C16H23N3. The zero-order valence-corrected chi connectivity index (χ0v) is 11.7. The second-order valence-electron chi connectivity index (χ2n) is 5.71. The van der Waals surface area contributed by atoms with Gasteiger partial charge in [-0.25, -0.2) is 4.52 Å². The van der Waals surface area contributed by atoms with E-state index in [1.165, 1.54) is 43.2 Å². The summed E-state index contributed by atoms with van der Waals surface area (Å²) in [6.07, 6.45) is 10.8. The molecule has 0 atom stereocenters. The first-order valence-corrected chi connectivity index (χ1v) is 7.51. The normalized spacial score (nSPS) is 23.8. The van der Waals surface area contributed by atoms with Gasteiger partial charge >= 0.3 is 0 Å². The molecule has 0 amide bonds. The molecule has 0 aromatic carbocycles. The fourth-order valence-corrected chi connectivity index (χ4v) is 3.15. The Morgan fingerprint density at radius 3 is 2.89 bits per heavy atom. The highest BCUT2D eigenvalue weighted by Crippen LogP contribution is 2.26. The Hall–Kier alpha value is -1.35. The minimum atomic E-state index is 0.696. The van der Waals surface area contributed by atoms with Crippen molar-refractivity contribution in [3.8, 4) is 0 Å². The summed E-state index contributed by atoms with van der Waals surface area (Å²) in [5, 5.41) is 8.09. The topological polar surface area (TPSA) is 29.3 Å². The van der Waals surface area contributed by atoms with Crippen molar-refractivity contribution in [1.82, 2.24) is 14.9 Å². The zero-order valence-electron chi connectivity index (χ0n) is 11.7. The minimum absolute atomic E-state index is 0.696. The molecule has 1 saturated carbocycles. The fraction of sp³-hybridized carbons (Fsp3) is 0.562. The SMILES string of the molecule is CCC1CCC(NCc2cnn3ccccc23)CC1. The van der Waals surface area contributed by atoms with Crippen LogP contribution in [0.3, 0.4) is 0 Å². The van der Waals surface area contributed by atoms with Gasteiger partial charge < -0.3 is 5.32 Å². The van der Waals surface area contributed by atoms with Crippen LogP contribution >= 0.6 is 0 Å². The molecule has 3 nitrogen and oxygen atoms in total. The predicted octanol–water partition coefficient (Wildman–Crippen LogP) is 3.39. The Morgan fingerprint density at radius 2 is 2.11 bits per heavy atom. The van der Waals surface area contributed by atoms with Crippen LogP contribution in [0, 0.1) is 5.92 Å². The Labute approximate surface area is 115 Å². The molecule has 19 heavy (non-hydrogen) atoms. The molecule has 0 radical (unpaired) electrons. The number of hydrogen-bond acceptors (Lipinski definition) is 2. The van der Waals surface area contributed by atoms with E-state index in [0.717, 1.165) is 12.5 Å². The van der Waals surface area contributed by atoms with Crippen molar-refractivity contribution < 1.29 is 0 Å². The zero-order chi connectivity index (χ0) is 13.1. The van der Waals surface area contributed by atoms with Crippen molar-refractivity contribution in [2.24, 2.45) is 5.92 Å². The van der Waals surface area contributed by atoms with Crippen LogP contribution in [0.15, 0.2) is 30.6 Å². The Morgan fingerprint density at radius 1 is 1.26 bits per heavy atom. The summed E-state index contributed by atoms with van der Waals surface area (Å²) in [4.78, 5) is 0. The minimum Gasteiger partial charge on any atom is -0.310 e.